The van der Waals surface area contributed by atoms with Gasteiger partial charge in [-0.2, -0.15) is 0 Å². The summed E-state index contributed by atoms with van der Waals surface area (Å²) < 4.78 is 44.1. The Kier molecular flexibility index (Phi) is 11.0. The molecule has 0 spiro atoms. The summed E-state index contributed by atoms with van der Waals surface area (Å²) in [5.41, 5.74) is 5.19. The summed E-state index contributed by atoms with van der Waals surface area (Å²) in [6.07, 6.45) is 3.06. The van der Waals surface area contributed by atoms with Crippen molar-refractivity contribution in [3.05, 3.63) is 131 Å². The Hall–Kier alpha value is -6.30. The molecule has 6 rings (SSSR count). The van der Waals surface area contributed by atoms with Crippen molar-refractivity contribution in [3.8, 4) is 28.4 Å². The zero-order valence-corrected chi connectivity index (χ0v) is 29.2. The van der Waals surface area contributed by atoms with E-state index in [2.05, 4.69) is 30.9 Å². The van der Waals surface area contributed by atoms with E-state index in [1.54, 1.807) is 32.5 Å². The summed E-state index contributed by atoms with van der Waals surface area (Å²) >= 11 is 0. The van der Waals surface area contributed by atoms with Gasteiger partial charge in [0.25, 0.3) is 5.91 Å². The quantitative estimate of drug-likeness (QED) is 0.104. The van der Waals surface area contributed by atoms with Crippen molar-refractivity contribution in [2.24, 2.45) is 0 Å². The van der Waals surface area contributed by atoms with Crippen molar-refractivity contribution in [1.29, 1.82) is 0 Å². The number of carbonyl (C=O) groups excluding carboxylic acids is 1. The first-order valence-corrected chi connectivity index (χ1v) is 16.6. The number of ether oxygens (including phenoxy) is 3. The van der Waals surface area contributed by atoms with Crippen LogP contribution in [0, 0.1) is 11.6 Å². The summed E-state index contributed by atoms with van der Waals surface area (Å²) in [7, 11) is 3.24. The second-order valence-corrected chi connectivity index (χ2v) is 12.2. The van der Waals surface area contributed by atoms with Crippen LogP contribution in [0.15, 0.2) is 97.5 Å². The Morgan fingerprint density at radius 1 is 0.731 bits per heavy atom. The number of benzene rings is 4. The molecule has 6 aromatic rings. The van der Waals surface area contributed by atoms with E-state index in [1.165, 1.54) is 12.4 Å². The van der Waals surface area contributed by atoms with E-state index in [9.17, 15) is 13.6 Å². The number of methoxy groups -OCH3 is 2. The van der Waals surface area contributed by atoms with Crippen LogP contribution < -0.4 is 30.2 Å². The van der Waals surface area contributed by atoms with Gasteiger partial charge in [-0.05, 0) is 103 Å². The van der Waals surface area contributed by atoms with Gasteiger partial charge in [0.15, 0.2) is 11.6 Å². The van der Waals surface area contributed by atoms with Gasteiger partial charge in [-0.25, -0.2) is 23.7 Å². The number of rotatable bonds is 14. The molecule has 2 aromatic heterocycles. The SMILES string of the molecule is COc1ccc(CNc2ncnc3ccc(-c4cc(CNc5ncccc5C(=O)NCc5ccc(F)c(F)c5)cc(OC(C)C)c4)cc23)c(OC)c1. The lowest BCUT2D eigenvalue weighted by Crippen LogP contribution is -2.24. The standard InChI is InChI=1S/C40H38F2N6O4/c1-24(2)52-31-15-26(21-44-38-32(6-5-13-43-38)40(49)46-20-25-7-11-34(41)35(42)16-25)14-29(17-31)27-9-12-36-33(18-27)39(48-23-47-36)45-22-28-8-10-30(50-3)19-37(28)51-4/h5-19,23-24H,20-22H2,1-4H3,(H,43,44)(H,46,49)(H,45,47,48). The van der Waals surface area contributed by atoms with Gasteiger partial charge in [0.1, 0.15) is 35.2 Å². The molecule has 0 aliphatic carbocycles. The molecule has 0 fully saturated rings. The maximum absolute atomic E-state index is 13.7. The van der Waals surface area contributed by atoms with Gasteiger partial charge in [0, 0.05) is 42.8 Å². The van der Waals surface area contributed by atoms with E-state index in [0.29, 0.717) is 53.1 Å². The fraction of sp³-hybridized carbons (Fsp3) is 0.200. The predicted molar refractivity (Wildman–Crippen MR) is 197 cm³/mol. The lowest BCUT2D eigenvalue weighted by Gasteiger charge is -2.16. The van der Waals surface area contributed by atoms with E-state index < -0.39 is 17.5 Å². The van der Waals surface area contributed by atoms with Gasteiger partial charge in [0.05, 0.1) is 31.4 Å². The topological polar surface area (TPSA) is 120 Å². The molecule has 0 saturated carbocycles. The zero-order chi connectivity index (χ0) is 36.6. The van der Waals surface area contributed by atoms with Crippen LogP contribution in [0.2, 0.25) is 0 Å². The highest BCUT2D eigenvalue weighted by atomic mass is 19.2. The highest BCUT2D eigenvalue weighted by molar-refractivity contribution is 5.98. The summed E-state index contributed by atoms with van der Waals surface area (Å²) in [5, 5.41) is 10.3. The maximum atomic E-state index is 13.7. The minimum atomic E-state index is -0.974. The number of pyridine rings is 1. The normalized spacial score (nSPS) is 11.0. The Bertz CT molecular complexity index is 2210. The monoisotopic (exact) mass is 704 g/mol. The summed E-state index contributed by atoms with van der Waals surface area (Å²) in [5.74, 6) is 0.807. The molecule has 0 unspecified atom stereocenters. The number of aromatic nitrogens is 3. The average molecular weight is 705 g/mol. The largest absolute Gasteiger partial charge is 0.497 e. The average Bonchev–Trinajstić information content (AvgIpc) is 3.16. The van der Waals surface area contributed by atoms with Crippen LogP contribution in [-0.2, 0) is 19.6 Å². The number of anilines is 2. The number of nitrogens with one attached hydrogen (secondary N) is 3. The maximum Gasteiger partial charge on any atom is 0.255 e. The van der Waals surface area contributed by atoms with Crippen LogP contribution in [0.5, 0.6) is 17.2 Å². The Morgan fingerprint density at radius 3 is 2.37 bits per heavy atom. The van der Waals surface area contributed by atoms with Crippen molar-refractivity contribution in [1.82, 2.24) is 20.3 Å². The van der Waals surface area contributed by atoms with Crippen LogP contribution in [0.3, 0.4) is 0 Å². The molecule has 10 nitrogen and oxygen atoms in total. The van der Waals surface area contributed by atoms with Crippen molar-refractivity contribution >= 4 is 28.4 Å². The fourth-order valence-corrected chi connectivity index (χ4v) is 5.67. The molecule has 3 N–H and O–H groups in total. The highest BCUT2D eigenvalue weighted by Gasteiger charge is 2.15. The van der Waals surface area contributed by atoms with Crippen LogP contribution in [0.1, 0.15) is 40.9 Å². The molecule has 0 radical (unpaired) electrons. The van der Waals surface area contributed by atoms with Gasteiger partial charge < -0.3 is 30.2 Å². The van der Waals surface area contributed by atoms with E-state index >= 15 is 0 Å². The number of amides is 1. The Balaban J connectivity index is 1.23. The van der Waals surface area contributed by atoms with Crippen LogP contribution in [0.25, 0.3) is 22.0 Å². The Morgan fingerprint density at radius 2 is 1.58 bits per heavy atom. The number of hydrogen-bond acceptors (Lipinski definition) is 9. The summed E-state index contributed by atoms with van der Waals surface area (Å²) in [4.78, 5) is 26.6. The van der Waals surface area contributed by atoms with Crippen LogP contribution >= 0.6 is 0 Å². The van der Waals surface area contributed by atoms with Crippen molar-refractivity contribution in [2.45, 2.75) is 39.6 Å². The molecule has 0 bridgehead atoms. The molecule has 4 aromatic carbocycles. The van der Waals surface area contributed by atoms with Gasteiger partial charge in [0.2, 0.25) is 0 Å². The second-order valence-electron chi connectivity index (χ2n) is 12.2. The van der Waals surface area contributed by atoms with Gasteiger partial charge in [-0.3, -0.25) is 4.79 Å². The summed E-state index contributed by atoms with van der Waals surface area (Å²) in [6, 6.07) is 24.5. The van der Waals surface area contributed by atoms with Gasteiger partial charge in [-0.1, -0.05) is 12.1 Å². The molecular formula is C40H38F2N6O4. The molecule has 266 valence electrons. The fourth-order valence-electron chi connectivity index (χ4n) is 5.67. The minimum absolute atomic E-state index is 0.0199. The molecule has 0 saturated heterocycles. The number of nitrogens with zero attached hydrogens (tertiary/aromatic N) is 3. The first kappa shape index (κ1) is 35.5. The predicted octanol–water partition coefficient (Wildman–Crippen LogP) is 7.93. The number of carbonyl (C=O) groups is 1. The molecule has 0 aliphatic heterocycles. The summed E-state index contributed by atoms with van der Waals surface area (Å²) in [6.45, 7) is 4.75. The van der Waals surface area contributed by atoms with Crippen LogP contribution in [-0.4, -0.2) is 41.2 Å². The Labute approximate surface area is 300 Å². The third kappa shape index (κ3) is 8.52. The van der Waals surface area contributed by atoms with Gasteiger partial charge >= 0.3 is 0 Å². The molecule has 2 heterocycles. The molecule has 1 amide bonds. The number of hydrogen-bond donors (Lipinski definition) is 3. The van der Waals surface area contributed by atoms with E-state index in [-0.39, 0.29) is 12.6 Å². The first-order valence-electron chi connectivity index (χ1n) is 16.6. The molecular weight excluding hydrogens is 666 g/mol. The van der Waals surface area contributed by atoms with Crippen molar-refractivity contribution in [2.75, 3.05) is 24.9 Å². The molecule has 12 heteroatoms. The second kappa shape index (κ2) is 16.2. The van der Waals surface area contributed by atoms with E-state index in [4.69, 9.17) is 14.2 Å². The van der Waals surface area contributed by atoms with Crippen LogP contribution in [0.4, 0.5) is 20.4 Å². The third-order valence-corrected chi connectivity index (χ3v) is 8.20. The molecule has 0 atom stereocenters. The molecule has 0 aliphatic rings. The van der Waals surface area contributed by atoms with Crippen molar-refractivity contribution in [3.63, 3.8) is 0 Å². The molecule has 52 heavy (non-hydrogen) atoms. The first-order chi connectivity index (χ1) is 25.2. The number of halogens is 2. The van der Waals surface area contributed by atoms with Crippen molar-refractivity contribution < 1.29 is 27.8 Å². The third-order valence-electron chi connectivity index (χ3n) is 8.20. The lowest BCUT2D eigenvalue weighted by molar-refractivity contribution is 0.0951. The minimum Gasteiger partial charge on any atom is -0.497 e. The number of fused-ring (bicyclic) bond motifs is 1. The highest BCUT2D eigenvalue weighted by Crippen LogP contribution is 2.32. The zero-order valence-electron chi connectivity index (χ0n) is 29.2. The smallest absolute Gasteiger partial charge is 0.255 e. The van der Waals surface area contributed by atoms with Gasteiger partial charge in [-0.15, -0.1) is 0 Å². The lowest BCUT2D eigenvalue weighted by atomic mass is 10.0. The van der Waals surface area contributed by atoms with E-state index in [0.717, 1.165) is 45.3 Å². The van der Waals surface area contributed by atoms with E-state index in [1.807, 2.05) is 68.4 Å².